The number of hydrogen-bond acceptors (Lipinski definition) is 2. The van der Waals surface area contributed by atoms with Gasteiger partial charge < -0.3 is 9.64 Å². The van der Waals surface area contributed by atoms with Crippen LogP contribution in [-0.2, 0) is 9.53 Å². The van der Waals surface area contributed by atoms with Crippen molar-refractivity contribution in [2.45, 2.75) is 82.1 Å². The maximum atomic E-state index is 13.8. The van der Waals surface area contributed by atoms with E-state index in [0.29, 0.717) is 19.1 Å². The first kappa shape index (κ1) is 26.2. The number of allylic oxidation sites excluding steroid dienone is 2. The highest BCUT2D eigenvalue weighted by Gasteiger charge is 2.47. The molecule has 0 heterocycles. The predicted octanol–water partition coefficient (Wildman–Crippen LogP) is 6.19. The van der Waals surface area contributed by atoms with E-state index < -0.39 is 0 Å². The molecule has 0 aliphatic rings. The lowest BCUT2D eigenvalue weighted by molar-refractivity contribution is -0.146. The van der Waals surface area contributed by atoms with Gasteiger partial charge in [-0.15, -0.1) is 0 Å². The van der Waals surface area contributed by atoms with Crippen molar-refractivity contribution in [1.29, 1.82) is 0 Å². The highest BCUT2D eigenvalue weighted by Crippen LogP contribution is 2.50. The van der Waals surface area contributed by atoms with Crippen LogP contribution < -0.4 is 0 Å². The van der Waals surface area contributed by atoms with Crippen LogP contribution >= 0.6 is 0 Å². The molecule has 1 atom stereocenters. The van der Waals surface area contributed by atoms with Crippen LogP contribution in [0, 0.1) is 28.1 Å². The highest BCUT2D eigenvalue weighted by atomic mass is 16.5. The Morgan fingerprint density at radius 3 is 2.07 bits per heavy atom. The number of amides is 1. The van der Waals surface area contributed by atoms with Gasteiger partial charge in [-0.05, 0) is 35.5 Å². The van der Waals surface area contributed by atoms with Crippen LogP contribution in [-0.4, -0.2) is 37.6 Å². The van der Waals surface area contributed by atoms with Gasteiger partial charge in [-0.2, -0.15) is 0 Å². The fourth-order valence-electron chi connectivity index (χ4n) is 3.78. The summed E-state index contributed by atoms with van der Waals surface area (Å²) in [5.41, 5.74) is -0.0506. The van der Waals surface area contributed by atoms with Gasteiger partial charge in [-0.25, -0.2) is 0 Å². The van der Waals surface area contributed by atoms with E-state index in [1.807, 2.05) is 4.90 Å². The van der Waals surface area contributed by atoms with E-state index in [1.165, 1.54) is 0 Å². The maximum absolute atomic E-state index is 13.8. The second-order valence-electron chi connectivity index (χ2n) is 10.4. The number of nitrogens with zero attached hydrogens (tertiary/aromatic N) is 1. The predicted molar refractivity (Wildman–Crippen MR) is 118 cm³/mol. The molecule has 0 bridgehead atoms. The van der Waals surface area contributed by atoms with E-state index in [0.717, 1.165) is 19.4 Å². The van der Waals surface area contributed by atoms with Crippen LogP contribution in [0.25, 0.3) is 0 Å². The molecule has 3 heteroatoms. The Kier molecular flexibility index (Phi) is 10.3. The third kappa shape index (κ3) is 7.60. The van der Waals surface area contributed by atoms with Crippen molar-refractivity contribution in [3.05, 3.63) is 12.2 Å². The largest absolute Gasteiger partial charge is 0.383 e. The summed E-state index contributed by atoms with van der Waals surface area (Å²) in [5, 5.41) is 0. The Balaban J connectivity index is 6.02. The minimum absolute atomic E-state index is 0.0130. The molecule has 0 spiro atoms. The first-order chi connectivity index (χ1) is 12.3. The van der Waals surface area contributed by atoms with Crippen LogP contribution in [0.3, 0.4) is 0 Å². The van der Waals surface area contributed by atoms with Crippen LogP contribution in [0.15, 0.2) is 12.2 Å². The first-order valence-corrected chi connectivity index (χ1v) is 10.7. The molecule has 0 aliphatic heterocycles. The summed E-state index contributed by atoms with van der Waals surface area (Å²) in [4.78, 5) is 15.9. The molecule has 0 radical (unpaired) electrons. The van der Waals surface area contributed by atoms with E-state index >= 15 is 0 Å². The lowest BCUT2D eigenvalue weighted by Gasteiger charge is -2.49. The van der Waals surface area contributed by atoms with Gasteiger partial charge in [0.25, 0.3) is 0 Å². The molecule has 3 nitrogen and oxygen atoms in total. The summed E-state index contributed by atoms with van der Waals surface area (Å²) in [6, 6.07) is 0. The Hall–Kier alpha value is -0.830. The van der Waals surface area contributed by atoms with Gasteiger partial charge in [0, 0.05) is 26.1 Å². The minimum Gasteiger partial charge on any atom is -0.383 e. The van der Waals surface area contributed by atoms with Gasteiger partial charge >= 0.3 is 0 Å². The van der Waals surface area contributed by atoms with E-state index in [9.17, 15) is 4.79 Å². The van der Waals surface area contributed by atoms with Crippen LogP contribution in [0.1, 0.15) is 82.1 Å². The second kappa shape index (κ2) is 10.6. The van der Waals surface area contributed by atoms with Crippen molar-refractivity contribution in [1.82, 2.24) is 4.90 Å². The van der Waals surface area contributed by atoms with Gasteiger partial charge in [0.1, 0.15) is 0 Å². The standard InChI is InChI=1S/C24H47NO2/c1-12-14-22(5,6)17-20(24(9,10)23(7,8)13-2)21(26)25(15-16-27-11)18-19(3)4/h12,14,19-20H,13,15-18H2,1-11H3/b14-12+. The molecule has 0 aliphatic carbocycles. The van der Waals surface area contributed by atoms with Crippen LogP contribution in [0.4, 0.5) is 0 Å². The highest BCUT2D eigenvalue weighted by molar-refractivity contribution is 5.80. The van der Waals surface area contributed by atoms with Crippen molar-refractivity contribution in [2.75, 3.05) is 26.8 Å². The molecule has 0 aromatic rings. The Bertz CT molecular complexity index is 475. The molecule has 160 valence electrons. The second-order valence-corrected chi connectivity index (χ2v) is 10.4. The summed E-state index contributed by atoms with van der Waals surface area (Å²) < 4.78 is 5.29. The van der Waals surface area contributed by atoms with E-state index in [2.05, 4.69) is 81.4 Å². The summed E-state index contributed by atoms with van der Waals surface area (Å²) >= 11 is 0. The zero-order valence-corrected chi connectivity index (χ0v) is 20.1. The topological polar surface area (TPSA) is 29.5 Å². The lowest BCUT2D eigenvalue weighted by atomic mass is 9.57. The molecule has 0 rings (SSSR count). The summed E-state index contributed by atoms with van der Waals surface area (Å²) in [5.74, 6) is 0.691. The third-order valence-corrected chi connectivity index (χ3v) is 6.61. The van der Waals surface area contributed by atoms with Crippen LogP contribution in [0.2, 0.25) is 0 Å². The van der Waals surface area contributed by atoms with Gasteiger partial charge in [-0.3, -0.25) is 4.79 Å². The van der Waals surface area contributed by atoms with Gasteiger partial charge in [0.15, 0.2) is 0 Å². The molecule has 0 fully saturated rings. The quantitative estimate of drug-likeness (QED) is 0.377. The summed E-state index contributed by atoms with van der Waals surface area (Å²) in [7, 11) is 1.70. The Labute approximate surface area is 169 Å². The average molecular weight is 382 g/mol. The van der Waals surface area contributed by atoms with Crippen molar-refractivity contribution < 1.29 is 9.53 Å². The molecular weight excluding hydrogens is 334 g/mol. The van der Waals surface area contributed by atoms with Gasteiger partial charge in [0.2, 0.25) is 5.91 Å². The first-order valence-electron chi connectivity index (χ1n) is 10.7. The number of carbonyl (C=O) groups excluding carboxylic acids is 1. The number of rotatable bonds is 12. The Morgan fingerprint density at radius 2 is 1.67 bits per heavy atom. The van der Waals surface area contributed by atoms with Crippen molar-refractivity contribution in [2.24, 2.45) is 28.1 Å². The third-order valence-electron chi connectivity index (χ3n) is 6.61. The number of hydrogen-bond donors (Lipinski definition) is 0. The summed E-state index contributed by atoms with van der Waals surface area (Å²) in [6.45, 7) is 24.3. The fourth-order valence-corrected chi connectivity index (χ4v) is 3.78. The Morgan fingerprint density at radius 1 is 1.11 bits per heavy atom. The number of methoxy groups -OCH3 is 1. The smallest absolute Gasteiger partial charge is 0.226 e. The molecule has 0 aromatic carbocycles. The fraction of sp³-hybridized carbons (Fsp3) is 0.875. The molecular formula is C24H47NO2. The number of carbonyl (C=O) groups is 1. The van der Waals surface area contributed by atoms with E-state index in [4.69, 9.17) is 4.74 Å². The lowest BCUT2D eigenvalue weighted by Crippen LogP contribution is -2.50. The normalized spacial score (nSPS) is 14.8. The molecule has 0 saturated carbocycles. The molecule has 0 aromatic heterocycles. The van der Waals surface area contributed by atoms with Gasteiger partial charge in [-0.1, -0.05) is 80.9 Å². The van der Waals surface area contributed by atoms with Crippen molar-refractivity contribution in [3.8, 4) is 0 Å². The zero-order chi connectivity index (χ0) is 21.5. The molecule has 0 saturated heterocycles. The van der Waals surface area contributed by atoms with E-state index in [-0.39, 0.29) is 28.1 Å². The zero-order valence-electron chi connectivity index (χ0n) is 20.1. The molecule has 1 unspecified atom stereocenters. The van der Waals surface area contributed by atoms with Gasteiger partial charge in [0.05, 0.1) is 6.61 Å². The minimum atomic E-state index is -0.111. The SMILES string of the molecule is C/C=C/C(C)(C)CC(C(=O)N(CCOC)CC(C)C)C(C)(C)C(C)(C)CC. The monoisotopic (exact) mass is 381 g/mol. The molecule has 1 amide bonds. The van der Waals surface area contributed by atoms with Crippen molar-refractivity contribution in [3.63, 3.8) is 0 Å². The molecule has 27 heavy (non-hydrogen) atoms. The molecule has 0 N–H and O–H groups in total. The number of ether oxygens (including phenoxy) is 1. The summed E-state index contributed by atoms with van der Waals surface area (Å²) in [6.07, 6.45) is 6.25. The van der Waals surface area contributed by atoms with E-state index in [1.54, 1.807) is 7.11 Å². The van der Waals surface area contributed by atoms with Crippen LogP contribution in [0.5, 0.6) is 0 Å². The maximum Gasteiger partial charge on any atom is 0.226 e. The van der Waals surface area contributed by atoms with Crippen molar-refractivity contribution >= 4 is 5.91 Å². The average Bonchev–Trinajstić information content (AvgIpc) is 2.55.